The fraction of sp³-hybridized carbons (Fsp3) is 0.318. The molecular weight excluding hydrogens is 404 g/mol. The number of aromatic nitrogens is 2. The van der Waals surface area contributed by atoms with Gasteiger partial charge in [-0.25, -0.2) is 9.78 Å². The van der Waals surface area contributed by atoms with E-state index in [0.717, 1.165) is 22.1 Å². The fourth-order valence-electron chi connectivity index (χ4n) is 3.61. The average molecular weight is 426 g/mol. The summed E-state index contributed by atoms with van der Waals surface area (Å²) in [5, 5.41) is 0.786. The van der Waals surface area contributed by atoms with Crippen molar-refractivity contribution in [2.45, 2.75) is 27.7 Å². The molecule has 3 aromatic rings. The van der Waals surface area contributed by atoms with Crippen molar-refractivity contribution in [3.63, 3.8) is 0 Å². The fourth-order valence-corrected chi connectivity index (χ4v) is 4.42. The van der Waals surface area contributed by atoms with E-state index in [-0.39, 0.29) is 12.4 Å². The van der Waals surface area contributed by atoms with Crippen LogP contribution in [-0.4, -0.2) is 41.1 Å². The minimum Gasteiger partial charge on any atom is -0.486 e. The molecule has 0 spiro atoms. The van der Waals surface area contributed by atoms with Crippen LogP contribution in [0.5, 0.6) is 11.5 Å². The van der Waals surface area contributed by atoms with Crippen LogP contribution in [0.25, 0.3) is 5.69 Å². The zero-order valence-electron chi connectivity index (χ0n) is 17.3. The Balaban J connectivity index is 1.54. The van der Waals surface area contributed by atoms with Crippen LogP contribution in [0.1, 0.15) is 42.1 Å². The third-order valence-corrected chi connectivity index (χ3v) is 5.99. The number of carbonyl (C=O) groups is 2. The van der Waals surface area contributed by atoms with Crippen LogP contribution in [0.4, 0.5) is 0 Å². The molecule has 0 saturated carbocycles. The number of ketones is 1. The summed E-state index contributed by atoms with van der Waals surface area (Å²) in [6.45, 7) is 8.10. The van der Waals surface area contributed by atoms with Gasteiger partial charge in [-0.3, -0.25) is 4.79 Å². The Morgan fingerprint density at radius 1 is 1.10 bits per heavy atom. The molecule has 2 aromatic heterocycles. The van der Waals surface area contributed by atoms with Crippen LogP contribution in [0.15, 0.2) is 24.3 Å². The van der Waals surface area contributed by atoms with Crippen molar-refractivity contribution in [3.8, 4) is 17.2 Å². The second-order valence-corrected chi connectivity index (χ2v) is 8.30. The van der Waals surface area contributed by atoms with E-state index in [1.54, 1.807) is 6.92 Å². The van der Waals surface area contributed by atoms with Crippen molar-refractivity contribution in [3.05, 3.63) is 56.8 Å². The van der Waals surface area contributed by atoms with Crippen molar-refractivity contribution < 1.29 is 23.8 Å². The highest BCUT2D eigenvalue weighted by atomic mass is 32.1. The number of nitrogens with zero attached hydrogens (tertiary/aromatic N) is 2. The van der Waals surface area contributed by atoms with Gasteiger partial charge in [-0.2, -0.15) is 0 Å². The Morgan fingerprint density at radius 3 is 2.53 bits per heavy atom. The van der Waals surface area contributed by atoms with Crippen LogP contribution in [0.3, 0.4) is 0 Å². The zero-order valence-corrected chi connectivity index (χ0v) is 18.1. The Bertz CT molecular complexity index is 1140. The first-order chi connectivity index (χ1) is 14.3. The molecular formula is C22H22N2O5S. The molecule has 0 saturated heterocycles. The Morgan fingerprint density at radius 2 is 1.83 bits per heavy atom. The van der Waals surface area contributed by atoms with Gasteiger partial charge >= 0.3 is 5.97 Å². The summed E-state index contributed by atoms with van der Waals surface area (Å²) in [6.07, 6.45) is 0. The zero-order chi connectivity index (χ0) is 21.4. The number of rotatable bonds is 5. The van der Waals surface area contributed by atoms with Gasteiger partial charge in [0.05, 0.1) is 10.7 Å². The van der Waals surface area contributed by atoms with Crippen LogP contribution < -0.4 is 9.47 Å². The summed E-state index contributed by atoms with van der Waals surface area (Å²) in [6, 6.07) is 7.50. The lowest BCUT2D eigenvalue weighted by molar-refractivity contribution is 0.0478. The van der Waals surface area contributed by atoms with Gasteiger partial charge in [-0.15, -0.1) is 11.3 Å². The first-order valence-electron chi connectivity index (χ1n) is 9.58. The van der Waals surface area contributed by atoms with Crippen molar-refractivity contribution in [2.24, 2.45) is 0 Å². The molecule has 156 valence electrons. The summed E-state index contributed by atoms with van der Waals surface area (Å²) in [5.74, 6) is 0.624. The predicted octanol–water partition coefficient (Wildman–Crippen LogP) is 3.98. The summed E-state index contributed by atoms with van der Waals surface area (Å²) in [4.78, 5) is 29.7. The number of Topliss-reactive ketones (excluding diaryl/α,β-unsaturated/α-hetero) is 1. The molecule has 0 fully saturated rings. The Hall–Kier alpha value is -3.13. The second-order valence-electron chi connectivity index (χ2n) is 7.09. The van der Waals surface area contributed by atoms with E-state index in [2.05, 4.69) is 4.98 Å². The molecule has 0 aliphatic carbocycles. The van der Waals surface area contributed by atoms with Crippen LogP contribution in [0, 0.1) is 27.7 Å². The molecule has 0 radical (unpaired) electrons. The van der Waals surface area contributed by atoms with E-state index in [9.17, 15) is 9.59 Å². The first-order valence-corrected chi connectivity index (χ1v) is 10.4. The number of fused-ring (bicyclic) bond motifs is 1. The minimum atomic E-state index is -0.521. The minimum absolute atomic E-state index is 0.251. The maximum absolute atomic E-state index is 12.8. The number of thiazole rings is 1. The number of carbonyl (C=O) groups excluding carboxylic acids is 2. The molecule has 0 amide bonds. The molecule has 0 N–H and O–H groups in total. The number of hydrogen-bond acceptors (Lipinski definition) is 7. The topological polar surface area (TPSA) is 79.7 Å². The molecule has 4 rings (SSSR count). The molecule has 0 unspecified atom stereocenters. The normalized spacial score (nSPS) is 12.7. The van der Waals surface area contributed by atoms with Gasteiger partial charge in [0.15, 0.2) is 18.1 Å². The number of aryl methyl sites for hydroxylation is 3. The van der Waals surface area contributed by atoms with Gasteiger partial charge < -0.3 is 18.8 Å². The lowest BCUT2D eigenvalue weighted by Crippen LogP contribution is -2.16. The number of ether oxygens (including phenoxy) is 3. The molecule has 7 nitrogen and oxygen atoms in total. The quantitative estimate of drug-likeness (QED) is 0.454. The van der Waals surface area contributed by atoms with Crippen molar-refractivity contribution in [1.29, 1.82) is 0 Å². The number of benzene rings is 1. The number of hydrogen-bond donors (Lipinski definition) is 0. The smallest absolute Gasteiger partial charge is 0.350 e. The maximum Gasteiger partial charge on any atom is 0.350 e. The van der Waals surface area contributed by atoms with Crippen molar-refractivity contribution in [1.82, 2.24) is 9.55 Å². The lowest BCUT2D eigenvalue weighted by Gasteiger charge is -2.20. The van der Waals surface area contributed by atoms with Gasteiger partial charge in [0.2, 0.25) is 5.78 Å². The van der Waals surface area contributed by atoms with Gasteiger partial charge in [0.25, 0.3) is 0 Å². The van der Waals surface area contributed by atoms with Crippen LogP contribution in [-0.2, 0) is 4.74 Å². The standard InChI is InChI=1S/C22H22N2O5S/c1-12-9-17(18(25)11-29-22(26)21-13(2)23-15(4)30-21)14(3)24(12)16-5-6-19-20(10-16)28-8-7-27-19/h5-6,9-10H,7-8,11H2,1-4H3. The van der Waals surface area contributed by atoms with E-state index in [4.69, 9.17) is 14.2 Å². The van der Waals surface area contributed by atoms with Crippen LogP contribution >= 0.6 is 11.3 Å². The van der Waals surface area contributed by atoms with E-state index < -0.39 is 5.97 Å². The second kappa shape index (κ2) is 7.95. The maximum atomic E-state index is 12.8. The third kappa shape index (κ3) is 3.70. The largest absolute Gasteiger partial charge is 0.486 e. The summed E-state index contributed by atoms with van der Waals surface area (Å²) < 4.78 is 18.5. The van der Waals surface area contributed by atoms with Gasteiger partial charge in [-0.1, -0.05) is 0 Å². The monoisotopic (exact) mass is 426 g/mol. The average Bonchev–Trinajstić information content (AvgIpc) is 3.22. The summed E-state index contributed by atoms with van der Waals surface area (Å²) in [7, 11) is 0. The summed E-state index contributed by atoms with van der Waals surface area (Å²) >= 11 is 1.26. The molecule has 0 bridgehead atoms. The Labute approximate surface area is 178 Å². The molecule has 1 aliphatic rings. The molecule has 1 aliphatic heterocycles. The molecule has 30 heavy (non-hydrogen) atoms. The third-order valence-electron chi connectivity index (χ3n) is 4.94. The molecule has 8 heteroatoms. The number of esters is 1. The van der Waals surface area contributed by atoms with E-state index in [0.29, 0.717) is 40.8 Å². The van der Waals surface area contributed by atoms with E-state index in [1.165, 1.54) is 11.3 Å². The van der Waals surface area contributed by atoms with Gasteiger partial charge in [-0.05, 0) is 45.9 Å². The highest BCUT2D eigenvalue weighted by molar-refractivity contribution is 7.13. The van der Waals surface area contributed by atoms with Crippen LogP contribution in [0.2, 0.25) is 0 Å². The molecule has 1 aromatic carbocycles. The highest BCUT2D eigenvalue weighted by Crippen LogP contribution is 2.33. The molecule has 0 atom stereocenters. The van der Waals surface area contributed by atoms with E-state index >= 15 is 0 Å². The van der Waals surface area contributed by atoms with Crippen molar-refractivity contribution >= 4 is 23.1 Å². The predicted molar refractivity (Wildman–Crippen MR) is 112 cm³/mol. The summed E-state index contributed by atoms with van der Waals surface area (Å²) in [5.41, 5.74) is 3.68. The van der Waals surface area contributed by atoms with E-state index in [1.807, 2.05) is 49.6 Å². The van der Waals surface area contributed by atoms with Crippen molar-refractivity contribution in [2.75, 3.05) is 19.8 Å². The molecule has 3 heterocycles. The SMILES string of the molecule is Cc1nc(C)c(C(=O)OCC(=O)c2cc(C)n(-c3ccc4c(c3)OCCO4)c2C)s1. The lowest BCUT2D eigenvalue weighted by atomic mass is 10.1. The highest BCUT2D eigenvalue weighted by Gasteiger charge is 2.21. The van der Waals surface area contributed by atoms with Gasteiger partial charge in [0, 0.05) is 28.7 Å². The van der Waals surface area contributed by atoms with Gasteiger partial charge in [0.1, 0.15) is 18.1 Å². The first kappa shape index (κ1) is 20.2. The Kier molecular flexibility index (Phi) is 5.34.